The second kappa shape index (κ2) is 10.3. The number of aryl methyl sites for hydroxylation is 1. The van der Waals surface area contributed by atoms with E-state index in [0.717, 1.165) is 76.1 Å². The Morgan fingerprint density at radius 2 is 1.52 bits per heavy atom. The average molecular weight is 529 g/mol. The molecule has 0 spiro atoms. The van der Waals surface area contributed by atoms with Crippen LogP contribution in [-0.2, 0) is 5.41 Å². The third-order valence-corrected chi connectivity index (χ3v) is 10.6. The summed E-state index contributed by atoms with van der Waals surface area (Å²) in [7, 11) is 0. The zero-order valence-electron chi connectivity index (χ0n) is 25.1. The molecule has 2 fully saturated rings. The summed E-state index contributed by atoms with van der Waals surface area (Å²) in [6.45, 7) is 13.9. The molecular formula is C38H44N2. The molecule has 4 unspecified atom stereocenters. The highest BCUT2D eigenvalue weighted by atomic mass is 14.8. The summed E-state index contributed by atoms with van der Waals surface area (Å²) in [5, 5.41) is 9.61. The maximum absolute atomic E-state index is 9.61. The van der Waals surface area contributed by atoms with Gasteiger partial charge in [-0.25, -0.2) is 4.99 Å². The molecule has 3 aromatic carbocycles. The van der Waals surface area contributed by atoms with Crippen LogP contribution >= 0.6 is 0 Å². The van der Waals surface area contributed by atoms with Crippen LogP contribution in [0.15, 0.2) is 77.8 Å². The fraction of sp³-hybridized carbons (Fsp3) is 0.421. The van der Waals surface area contributed by atoms with Crippen LogP contribution in [0.25, 0.3) is 16.8 Å². The highest BCUT2D eigenvalue weighted by molar-refractivity contribution is 6.56. The number of allylic oxidation sites excluding steroid dienone is 1. The van der Waals surface area contributed by atoms with Crippen molar-refractivity contribution in [2.24, 2.45) is 34.6 Å². The molecule has 0 aliphatic heterocycles. The number of aliphatic imine (C=N–C) groups is 1. The van der Waals surface area contributed by atoms with Gasteiger partial charge in [-0.1, -0.05) is 113 Å². The minimum absolute atomic E-state index is 0.0277. The van der Waals surface area contributed by atoms with Gasteiger partial charge >= 0.3 is 0 Å². The van der Waals surface area contributed by atoms with Crippen molar-refractivity contribution in [3.8, 4) is 11.1 Å². The highest BCUT2D eigenvalue weighted by Gasteiger charge is 2.49. The first kappa shape index (κ1) is 26.9. The SMILES string of the molecule is CCC(C)(C)c1cccc2c1C(=N)C(=N/C(=C\CC1C3CC1C(C)CC3C)c1ccc(C)cc1)c1ccccc1-2. The van der Waals surface area contributed by atoms with Crippen LogP contribution in [0.3, 0.4) is 0 Å². The lowest BCUT2D eigenvalue weighted by atomic mass is 9.49. The second-order valence-corrected chi connectivity index (χ2v) is 13.5. The Labute approximate surface area is 241 Å². The van der Waals surface area contributed by atoms with Crippen molar-refractivity contribution in [1.82, 2.24) is 0 Å². The summed E-state index contributed by atoms with van der Waals surface area (Å²) in [6, 6.07) is 23.9. The molecule has 3 aromatic rings. The largest absolute Gasteiger partial charge is 0.298 e. The normalized spacial score (nSPS) is 26.8. The molecule has 3 aliphatic rings. The van der Waals surface area contributed by atoms with Gasteiger partial charge in [0.05, 0.1) is 17.1 Å². The van der Waals surface area contributed by atoms with E-state index in [4.69, 9.17) is 4.99 Å². The van der Waals surface area contributed by atoms with Crippen LogP contribution in [0.4, 0.5) is 0 Å². The monoisotopic (exact) mass is 528 g/mol. The van der Waals surface area contributed by atoms with E-state index in [-0.39, 0.29) is 5.41 Å². The van der Waals surface area contributed by atoms with Crippen LogP contribution < -0.4 is 0 Å². The molecule has 4 atom stereocenters. The van der Waals surface area contributed by atoms with Gasteiger partial charge in [0, 0.05) is 11.1 Å². The molecule has 0 radical (unpaired) electrons. The second-order valence-electron chi connectivity index (χ2n) is 13.5. The average Bonchev–Trinajstić information content (AvgIpc) is 2.93. The Kier molecular flexibility index (Phi) is 6.93. The Morgan fingerprint density at radius 1 is 0.875 bits per heavy atom. The summed E-state index contributed by atoms with van der Waals surface area (Å²) >= 11 is 0. The van der Waals surface area contributed by atoms with E-state index in [1.807, 2.05) is 0 Å². The summed E-state index contributed by atoms with van der Waals surface area (Å²) in [6.07, 6.45) is 7.27. The summed E-state index contributed by atoms with van der Waals surface area (Å²) in [5.41, 5.74) is 10.4. The summed E-state index contributed by atoms with van der Waals surface area (Å²) in [5.74, 6) is 4.10. The Morgan fingerprint density at radius 3 is 2.17 bits per heavy atom. The number of rotatable bonds is 6. The van der Waals surface area contributed by atoms with Gasteiger partial charge in [-0.15, -0.1) is 0 Å². The molecule has 0 aromatic heterocycles. The first-order chi connectivity index (χ1) is 19.2. The van der Waals surface area contributed by atoms with Gasteiger partial charge in [-0.05, 0) is 89.9 Å². The maximum Gasteiger partial charge on any atom is 0.0971 e. The lowest BCUT2D eigenvalue weighted by Crippen LogP contribution is -2.49. The van der Waals surface area contributed by atoms with Crippen LogP contribution in [0.2, 0.25) is 0 Å². The van der Waals surface area contributed by atoms with Crippen LogP contribution in [0.5, 0.6) is 0 Å². The van der Waals surface area contributed by atoms with E-state index in [1.54, 1.807) is 0 Å². The lowest BCUT2D eigenvalue weighted by molar-refractivity contribution is -0.0650. The van der Waals surface area contributed by atoms with Crippen molar-refractivity contribution in [3.05, 3.63) is 101 Å². The van der Waals surface area contributed by atoms with E-state index >= 15 is 0 Å². The zero-order valence-corrected chi connectivity index (χ0v) is 25.1. The molecule has 2 saturated carbocycles. The van der Waals surface area contributed by atoms with E-state index in [0.29, 0.717) is 5.71 Å². The van der Waals surface area contributed by atoms with E-state index in [9.17, 15) is 5.41 Å². The molecule has 40 heavy (non-hydrogen) atoms. The van der Waals surface area contributed by atoms with Gasteiger partial charge in [0.15, 0.2) is 0 Å². The molecule has 3 aliphatic carbocycles. The quantitative estimate of drug-likeness (QED) is 0.330. The van der Waals surface area contributed by atoms with Crippen LogP contribution in [-0.4, -0.2) is 11.4 Å². The van der Waals surface area contributed by atoms with E-state index in [1.165, 1.54) is 29.5 Å². The molecule has 0 heterocycles. The molecule has 2 heteroatoms. The van der Waals surface area contributed by atoms with E-state index in [2.05, 4.69) is 114 Å². The lowest BCUT2D eigenvalue weighted by Gasteiger charge is -2.56. The van der Waals surface area contributed by atoms with E-state index < -0.39 is 0 Å². The Balaban J connectivity index is 1.48. The maximum atomic E-state index is 9.61. The first-order valence-electron chi connectivity index (χ1n) is 15.4. The van der Waals surface area contributed by atoms with Crippen LogP contribution in [0, 0.1) is 41.9 Å². The Bertz CT molecular complexity index is 1490. The van der Waals surface area contributed by atoms with Crippen molar-refractivity contribution in [2.75, 3.05) is 0 Å². The van der Waals surface area contributed by atoms with Crippen molar-refractivity contribution in [3.63, 3.8) is 0 Å². The van der Waals surface area contributed by atoms with Gasteiger partial charge in [-0.3, -0.25) is 5.41 Å². The molecule has 206 valence electrons. The van der Waals surface area contributed by atoms with Crippen molar-refractivity contribution < 1.29 is 0 Å². The number of benzene rings is 3. The molecule has 0 amide bonds. The fourth-order valence-electron chi connectivity index (χ4n) is 7.79. The third kappa shape index (κ3) is 4.50. The molecular weight excluding hydrogens is 484 g/mol. The van der Waals surface area contributed by atoms with Gasteiger partial charge in [0.1, 0.15) is 0 Å². The minimum Gasteiger partial charge on any atom is -0.298 e. The van der Waals surface area contributed by atoms with Crippen LogP contribution in [0.1, 0.15) is 88.1 Å². The molecule has 0 saturated heterocycles. The number of hydrogen-bond acceptors (Lipinski definition) is 2. The predicted octanol–water partition coefficient (Wildman–Crippen LogP) is 9.88. The van der Waals surface area contributed by atoms with Crippen molar-refractivity contribution >= 4 is 17.1 Å². The smallest absolute Gasteiger partial charge is 0.0971 e. The summed E-state index contributed by atoms with van der Waals surface area (Å²) < 4.78 is 0. The Hall–Kier alpha value is -3.26. The topological polar surface area (TPSA) is 36.2 Å². The highest BCUT2D eigenvalue weighted by Crippen LogP contribution is 2.57. The van der Waals surface area contributed by atoms with Crippen molar-refractivity contribution in [2.45, 2.75) is 72.6 Å². The predicted molar refractivity (Wildman–Crippen MR) is 170 cm³/mol. The van der Waals surface area contributed by atoms with Gasteiger partial charge in [0.2, 0.25) is 0 Å². The number of fused-ring (bicyclic) bond motifs is 5. The third-order valence-electron chi connectivity index (χ3n) is 10.6. The zero-order chi connectivity index (χ0) is 28.2. The number of nitrogens with one attached hydrogen (secondary N) is 1. The number of hydrogen-bond donors (Lipinski definition) is 1. The minimum atomic E-state index is -0.0277. The summed E-state index contributed by atoms with van der Waals surface area (Å²) in [4.78, 5) is 5.42. The first-order valence-corrected chi connectivity index (χ1v) is 15.4. The standard InChI is InChI=1S/C38H44N2/c1-7-38(5,6)33-14-10-13-29-27-11-8-9-12-30(27)37(36(39)35(29)33)40-34(26-17-15-23(2)16-18-26)20-19-28-31-22-32(28)25(4)21-24(31)3/h8-18,20,24-25,28,31-32,39H,7,19,21-22H2,1-6H3/b34-20-,39-36?,40-37?. The molecule has 1 N–H and O–H groups in total. The molecule has 6 rings (SSSR count). The molecule has 2 bridgehead atoms. The number of nitrogens with zero attached hydrogens (tertiary/aromatic N) is 1. The fourth-order valence-corrected chi connectivity index (χ4v) is 7.79. The van der Waals surface area contributed by atoms with Gasteiger partial charge in [0.25, 0.3) is 0 Å². The molecule has 2 nitrogen and oxygen atoms in total. The van der Waals surface area contributed by atoms with Crippen molar-refractivity contribution in [1.29, 1.82) is 5.41 Å². The van der Waals surface area contributed by atoms with Gasteiger partial charge in [-0.2, -0.15) is 0 Å². The van der Waals surface area contributed by atoms with Gasteiger partial charge < -0.3 is 0 Å².